The van der Waals surface area contributed by atoms with Gasteiger partial charge in [-0.2, -0.15) is 5.10 Å². The van der Waals surface area contributed by atoms with E-state index in [9.17, 15) is 9.18 Å². The van der Waals surface area contributed by atoms with Crippen LogP contribution in [-0.2, 0) is 0 Å². The van der Waals surface area contributed by atoms with Crippen LogP contribution in [0.25, 0.3) is 11.1 Å². The summed E-state index contributed by atoms with van der Waals surface area (Å²) in [6.07, 6.45) is 3.32. The predicted octanol–water partition coefficient (Wildman–Crippen LogP) is 3.16. The van der Waals surface area contributed by atoms with Gasteiger partial charge in [0.1, 0.15) is 5.82 Å². The van der Waals surface area contributed by atoms with Gasteiger partial charge in [0.2, 0.25) is 5.95 Å². The Kier molecular flexibility index (Phi) is 4.30. The van der Waals surface area contributed by atoms with Gasteiger partial charge in [0, 0.05) is 5.56 Å². The minimum atomic E-state index is -1.16. The van der Waals surface area contributed by atoms with Crippen molar-refractivity contribution in [3.8, 4) is 11.1 Å². The van der Waals surface area contributed by atoms with Crippen LogP contribution in [0.5, 0.6) is 0 Å². The Balaban J connectivity index is 1.83. The molecule has 0 aliphatic heterocycles. The number of anilines is 1. The Bertz CT molecular complexity index is 962. The molecule has 25 heavy (non-hydrogen) atoms. The first-order valence-electron chi connectivity index (χ1n) is 7.43. The van der Waals surface area contributed by atoms with Crippen molar-refractivity contribution in [2.75, 3.05) is 5.73 Å². The number of imidazole rings is 1. The molecule has 1 heterocycles. The van der Waals surface area contributed by atoms with E-state index in [0.29, 0.717) is 17.1 Å². The number of hydrogen-bond acceptors (Lipinski definition) is 4. The van der Waals surface area contributed by atoms with Crippen LogP contribution in [0.3, 0.4) is 0 Å². The molecule has 126 valence electrons. The zero-order chi connectivity index (χ0) is 18.0. The molecule has 0 saturated heterocycles. The third kappa shape index (κ3) is 3.55. The third-order valence-electron chi connectivity index (χ3n) is 3.60. The number of halogens is 1. The van der Waals surface area contributed by atoms with Crippen LogP contribution in [0, 0.1) is 12.7 Å². The Morgan fingerprint density at radius 1 is 1.28 bits per heavy atom. The summed E-state index contributed by atoms with van der Waals surface area (Å²) in [7, 11) is 0. The van der Waals surface area contributed by atoms with E-state index in [1.165, 1.54) is 16.8 Å². The van der Waals surface area contributed by atoms with Gasteiger partial charge < -0.3 is 10.8 Å². The van der Waals surface area contributed by atoms with Gasteiger partial charge in [-0.25, -0.2) is 18.8 Å². The van der Waals surface area contributed by atoms with E-state index in [1.807, 2.05) is 6.92 Å². The first kappa shape index (κ1) is 16.4. The maximum atomic E-state index is 14.1. The number of hydrogen-bond donors (Lipinski definition) is 2. The van der Waals surface area contributed by atoms with E-state index in [0.717, 1.165) is 17.3 Å². The number of carbonyl (C=O) groups is 1. The first-order valence-corrected chi connectivity index (χ1v) is 7.43. The standard InChI is InChI=1S/C18H15FN4O2/c1-11-10-23(18(20)22-11)21-9-12-2-4-13(5-3-12)15-7-6-14(17(24)25)8-16(15)19/h2-10H,1H3,(H2,20,22)(H,24,25). The van der Waals surface area contributed by atoms with E-state index in [4.69, 9.17) is 10.8 Å². The SMILES string of the molecule is Cc1cn(N=Cc2ccc(-c3ccc(C(=O)O)cc3F)cc2)c(N)n1. The predicted molar refractivity (Wildman–Crippen MR) is 93.2 cm³/mol. The summed E-state index contributed by atoms with van der Waals surface area (Å²) < 4.78 is 15.6. The van der Waals surface area contributed by atoms with Crippen molar-refractivity contribution in [3.63, 3.8) is 0 Å². The number of nitrogens with two attached hydrogens (primary N) is 1. The molecule has 0 spiro atoms. The lowest BCUT2D eigenvalue weighted by molar-refractivity contribution is 0.0696. The van der Waals surface area contributed by atoms with E-state index in [2.05, 4.69) is 10.1 Å². The highest BCUT2D eigenvalue weighted by Crippen LogP contribution is 2.24. The minimum absolute atomic E-state index is 0.0850. The van der Waals surface area contributed by atoms with Crippen LogP contribution in [0.15, 0.2) is 53.8 Å². The molecule has 3 rings (SSSR count). The molecular weight excluding hydrogens is 323 g/mol. The first-order chi connectivity index (χ1) is 11.9. The van der Waals surface area contributed by atoms with Gasteiger partial charge in [0.25, 0.3) is 0 Å². The molecule has 0 aliphatic rings. The monoisotopic (exact) mass is 338 g/mol. The second kappa shape index (κ2) is 6.56. The van der Waals surface area contributed by atoms with Gasteiger partial charge in [-0.1, -0.05) is 30.3 Å². The Labute approximate surface area is 143 Å². The molecule has 0 aliphatic carbocycles. The fourth-order valence-corrected chi connectivity index (χ4v) is 2.36. The van der Waals surface area contributed by atoms with Crippen molar-refractivity contribution < 1.29 is 14.3 Å². The van der Waals surface area contributed by atoms with Crippen molar-refractivity contribution in [3.05, 3.63) is 71.3 Å². The van der Waals surface area contributed by atoms with Crippen LogP contribution >= 0.6 is 0 Å². The van der Waals surface area contributed by atoms with E-state index in [1.54, 1.807) is 36.7 Å². The normalized spacial score (nSPS) is 11.1. The van der Waals surface area contributed by atoms with Crippen LogP contribution in [0.1, 0.15) is 21.6 Å². The average Bonchev–Trinajstić information content (AvgIpc) is 2.91. The number of benzene rings is 2. The zero-order valence-electron chi connectivity index (χ0n) is 13.3. The number of nitrogen functional groups attached to an aromatic ring is 1. The largest absolute Gasteiger partial charge is 0.478 e. The number of rotatable bonds is 4. The van der Waals surface area contributed by atoms with Gasteiger partial charge in [-0.15, -0.1) is 0 Å². The number of aromatic nitrogens is 2. The van der Waals surface area contributed by atoms with Crippen molar-refractivity contribution in [1.82, 2.24) is 9.66 Å². The fraction of sp³-hybridized carbons (Fsp3) is 0.0556. The molecule has 3 aromatic rings. The molecule has 0 fully saturated rings. The van der Waals surface area contributed by atoms with Crippen molar-refractivity contribution in [1.29, 1.82) is 0 Å². The molecule has 1 aromatic heterocycles. The summed E-state index contributed by atoms with van der Waals surface area (Å²) in [5, 5.41) is 13.1. The second-order valence-corrected chi connectivity index (χ2v) is 5.45. The van der Waals surface area contributed by atoms with E-state index in [-0.39, 0.29) is 5.56 Å². The highest BCUT2D eigenvalue weighted by molar-refractivity contribution is 5.88. The summed E-state index contributed by atoms with van der Waals surface area (Å²) in [6.45, 7) is 1.82. The fourth-order valence-electron chi connectivity index (χ4n) is 2.36. The molecule has 7 heteroatoms. The van der Waals surface area contributed by atoms with Crippen LogP contribution in [-0.4, -0.2) is 27.0 Å². The smallest absolute Gasteiger partial charge is 0.335 e. The van der Waals surface area contributed by atoms with Crippen molar-refractivity contribution in [2.45, 2.75) is 6.92 Å². The number of nitrogens with zero attached hydrogens (tertiary/aromatic N) is 3. The number of carboxylic acid groups (broad SMARTS) is 1. The third-order valence-corrected chi connectivity index (χ3v) is 3.60. The number of aryl methyl sites for hydroxylation is 1. The number of aromatic carboxylic acids is 1. The molecule has 6 nitrogen and oxygen atoms in total. The average molecular weight is 338 g/mol. The lowest BCUT2D eigenvalue weighted by Gasteiger charge is -2.05. The van der Waals surface area contributed by atoms with Crippen LogP contribution in [0.4, 0.5) is 10.3 Å². The molecule has 0 bridgehead atoms. The molecule has 0 saturated carbocycles. The Hall–Kier alpha value is -3.48. The molecule has 0 atom stereocenters. The summed E-state index contributed by atoms with van der Waals surface area (Å²) in [4.78, 5) is 14.9. The highest BCUT2D eigenvalue weighted by Gasteiger charge is 2.09. The van der Waals surface area contributed by atoms with Gasteiger partial charge >= 0.3 is 5.97 Å². The topological polar surface area (TPSA) is 93.5 Å². The molecular formula is C18H15FN4O2. The highest BCUT2D eigenvalue weighted by atomic mass is 19.1. The van der Waals surface area contributed by atoms with E-state index >= 15 is 0 Å². The van der Waals surface area contributed by atoms with Gasteiger partial charge in [-0.3, -0.25) is 0 Å². The molecule has 2 aromatic carbocycles. The van der Waals surface area contributed by atoms with Gasteiger partial charge in [0.05, 0.1) is 23.7 Å². The summed E-state index contributed by atoms with van der Waals surface area (Å²) >= 11 is 0. The maximum Gasteiger partial charge on any atom is 0.335 e. The lowest BCUT2D eigenvalue weighted by Crippen LogP contribution is -1.98. The summed E-state index contributed by atoms with van der Waals surface area (Å²) in [6, 6.07) is 10.9. The quantitative estimate of drug-likeness (QED) is 0.715. The summed E-state index contributed by atoms with van der Waals surface area (Å²) in [5.74, 6) is -1.44. The van der Waals surface area contributed by atoms with E-state index < -0.39 is 11.8 Å². The molecule has 0 amide bonds. The molecule has 3 N–H and O–H groups in total. The maximum absolute atomic E-state index is 14.1. The Morgan fingerprint density at radius 2 is 2.00 bits per heavy atom. The zero-order valence-corrected chi connectivity index (χ0v) is 13.3. The molecule has 0 radical (unpaired) electrons. The Morgan fingerprint density at radius 3 is 2.56 bits per heavy atom. The van der Waals surface area contributed by atoms with Gasteiger partial charge in [-0.05, 0) is 30.2 Å². The van der Waals surface area contributed by atoms with Gasteiger partial charge in [0.15, 0.2) is 0 Å². The van der Waals surface area contributed by atoms with Crippen molar-refractivity contribution in [2.24, 2.45) is 5.10 Å². The second-order valence-electron chi connectivity index (χ2n) is 5.45. The summed E-state index contributed by atoms with van der Waals surface area (Å²) in [5.41, 5.74) is 8.18. The van der Waals surface area contributed by atoms with Crippen LogP contribution < -0.4 is 5.73 Å². The van der Waals surface area contributed by atoms with Crippen molar-refractivity contribution >= 4 is 18.1 Å². The minimum Gasteiger partial charge on any atom is -0.478 e. The molecule has 0 unspecified atom stereocenters. The lowest BCUT2D eigenvalue weighted by atomic mass is 10.0. The number of carboxylic acids is 1. The van der Waals surface area contributed by atoms with Crippen LogP contribution in [0.2, 0.25) is 0 Å².